The second-order valence-electron chi connectivity index (χ2n) is 7.63. The molecule has 2 heterocycles. The number of hydrogen-bond acceptors (Lipinski definition) is 7. The quantitative estimate of drug-likeness (QED) is 0.236. The highest BCUT2D eigenvalue weighted by atomic mass is 35.5. The highest BCUT2D eigenvalue weighted by Gasteiger charge is 2.18. The molecule has 0 unspecified atom stereocenters. The first kappa shape index (κ1) is 24.6. The van der Waals surface area contributed by atoms with Gasteiger partial charge in [0, 0.05) is 11.8 Å². The third-order valence-corrected chi connectivity index (χ3v) is 6.71. The van der Waals surface area contributed by atoms with Gasteiger partial charge in [0.1, 0.15) is 17.0 Å². The van der Waals surface area contributed by atoms with Gasteiger partial charge in [-0.2, -0.15) is 5.10 Å². The van der Waals surface area contributed by atoms with Crippen molar-refractivity contribution in [2.24, 2.45) is 0 Å². The van der Waals surface area contributed by atoms with Crippen molar-refractivity contribution in [2.45, 2.75) is 25.4 Å². The molecule has 182 valence electrons. The Morgan fingerprint density at radius 1 is 1.23 bits per heavy atom. The van der Waals surface area contributed by atoms with E-state index in [0.717, 1.165) is 23.4 Å². The number of aromatic nitrogens is 4. The zero-order valence-corrected chi connectivity index (χ0v) is 21.3. The number of nitrogens with zero attached hydrogens (tertiary/aromatic N) is 3. The summed E-state index contributed by atoms with van der Waals surface area (Å²) in [5, 5.41) is 20.4. The lowest BCUT2D eigenvalue weighted by Crippen LogP contribution is -2.24. The largest absolute Gasteiger partial charge is 0.495 e. The Labute approximate surface area is 211 Å². The number of nitrogens with one attached hydrogen (secondary N) is 3. The molecule has 4 rings (SSSR count). The van der Waals surface area contributed by atoms with Crippen LogP contribution in [0.4, 0.5) is 5.69 Å². The number of methoxy groups -OCH3 is 2. The molecule has 0 fully saturated rings. The maximum absolute atomic E-state index is 12.9. The van der Waals surface area contributed by atoms with Crippen LogP contribution in [0.3, 0.4) is 0 Å². The van der Waals surface area contributed by atoms with Crippen molar-refractivity contribution in [1.29, 1.82) is 5.41 Å². The van der Waals surface area contributed by atoms with E-state index in [0.29, 0.717) is 38.4 Å². The molecule has 11 heteroatoms. The lowest BCUT2D eigenvalue weighted by atomic mass is 10.1. The van der Waals surface area contributed by atoms with Crippen LogP contribution in [0.5, 0.6) is 11.5 Å². The molecule has 2 aromatic heterocycles. The number of fused-ring (bicyclic) bond motifs is 1. The van der Waals surface area contributed by atoms with Crippen molar-refractivity contribution in [3.05, 3.63) is 58.2 Å². The normalized spacial score (nSPS) is 11.0. The van der Waals surface area contributed by atoms with E-state index in [-0.39, 0.29) is 17.1 Å². The highest BCUT2D eigenvalue weighted by Crippen LogP contribution is 2.36. The molecule has 0 aliphatic rings. The first-order chi connectivity index (χ1) is 16.9. The van der Waals surface area contributed by atoms with Crippen molar-refractivity contribution >= 4 is 46.0 Å². The third-order valence-electron chi connectivity index (χ3n) is 5.48. The van der Waals surface area contributed by atoms with Crippen LogP contribution in [-0.2, 0) is 11.2 Å². The molecule has 0 saturated carbocycles. The summed E-state index contributed by atoms with van der Waals surface area (Å²) in [5.41, 5.74) is 3.80. The maximum atomic E-state index is 12.9. The van der Waals surface area contributed by atoms with Gasteiger partial charge in [-0.25, -0.2) is 4.98 Å². The predicted molar refractivity (Wildman–Crippen MR) is 137 cm³/mol. The number of H-pyrrole nitrogens is 1. The van der Waals surface area contributed by atoms with Gasteiger partial charge in [0.05, 0.1) is 41.8 Å². The second kappa shape index (κ2) is 10.4. The number of para-hydroxylation sites is 1. The molecule has 0 radical (unpaired) electrons. The molecule has 1 amide bonds. The Kier molecular flexibility index (Phi) is 7.32. The number of rotatable bonds is 8. The molecular formula is C24H25ClN6O3S. The second-order valence-corrected chi connectivity index (χ2v) is 8.98. The van der Waals surface area contributed by atoms with Gasteiger partial charge < -0.3 is 14.8 Å². The SMILES string of the molecule is CCc1ccccc1-n1c(SCC(=O)Nc2cc(Cl)c(OC)cc2OC)nc2n[nH]c(C)c2c1=N. The standard InChI is InChI=1S/C24H25ClN6O3S/c1-5-14-8-6-7-9-17(14)31-22(26)21-13(2)29-30-23(21)28-24(31)35-12-20(32)27-16-10-15(25)18(33-3)11-19(16)34-4/h6-11,26H,5,12H2,1-4H3,(H,27,32)(H,29,30). The number of aromatic amines is 1. The van der Waals surface area contributed by atoms with E-state index in [1.54, 1.807) is 16.7 Å². The molecule has 0 atom stereocenters. The average Bonchev–Trinajstić information content (AvgIpc) is 3.23. The number of benzene rings is 2. The number of amides is 1. The summed E-state index contributed by atoms with van der Waals surface area (Å²) in [4.78, 5) is 17.6. The van der Waals surface area contributed by atoms with Gasteiger partial charge in [-0.05, 0) is 31.0 Å². The van der Waals surface area contributed by atoms with Crippen molar-refractivity contribution in [3.8, 4) is 17.2 Å². The van der Waals surface area contributed by atoms with Gasteiger partial charge in [0.25, 0.3) is 0 Å². The van der Waals surface area contributed by atoms with Crippen LogP contribution in [-0.4, -0.2) is 45.6 Å². The number of carbonyl (C=O) groups excluding carboxylic acids is 1. The molecule has 0 saturated heterocycles. The molecule has 2 aromatic carbocycles. The van der Waals surface area contributed by atoms with E-state index < -0.39 is 0 Å². The van der Waals surface area contributed by atoms with Gasteiger partial charge >= 0.3 is 0 Å². The summed E-state index contributed by atoms with van der Waals surface area (Å²) >= 11 is 7.45. The van der Waals surface area contributed by atoms with Crippen LogP contribution in [0.15, 0.2) is 41.6 Å². The van der Waals surface area contributed by atoms with E-state index >= 15 is 0 Å². The van der Waals surface area contributed by atoms with Crippen LogP contribution in [0.1, 0.15) is 18.2 Å². The molecule has 0 aliphatic heterocycles. The smallest absolute Gasteiger partial charge is 0.234 e. The number of thioether (sulfide) groups is 1. The van der Waals surface area contributed by atoms with Gasteiger partial charge in [0.2, 0.25) is 5.91 Å². The number of hydrogen-bond donors (Lipinski definition) is 3. The Bertz CT molecular complexity index is 1470. The third kappa shape index (κ3) is 4.85. The van der Waals surface area contributed by atoms with Gasteiger partial charge in [0.15, 0.2) is 10.8 Å². The molecule has 35 heavy (non-hydrogen) atoms. The van der Waals surface area contributed by atoms with Gasteiger partial charge in [-0.15, -0.1) is 0 Å². The average molecular weight is 513 g/mol. The highest BCUT2D eigenvalue weighted by molar-refractivity contribution is 7.99. The van der Waals surface area contributed by atoms with Crippen molar-refractivity contribution < 1.29 is 14.3 Å². The number of anilines is 1. The van der Waals surface area contributed by atoms with E-state index in [2.05, 4.69) is 27.4 Å². The molecular weight excluding hydrogens is 488 g/mol. The minimum absolute atomic E-state index is 0.0441. The fourth-order valence-corrected chi connectivity index (χ4v) is 4.79. The number of ether oxygens (including phenoxy) is 2. The summed E-state index contributed by atoms with van der Waals surface area (Å²) in [6.45, 7) is 3.92. The van der Waals surface area contributed by atoms with Gasteiger partial charge in [-0.1, -0.05) is 48.5 Å². The Balaban J connectivity index is 1.68. The summed E-state index contributed by atoms with van der Waals surface area (Å²) in [7, 11) is 3.01. The molecule has 0 aliphatic carbocycles. The molecule has 9 nitrogen and oxygen atoms in total. The van der Waals surface area contributed by atoms with E-state index in [4.69, 9.17) is 26.5 Å². The fraction of sp³-hybridized carbons (Fsp3) is 0.250. The van der Waals surface area contributed by atoms with Crippen LogP contribution in [0, 0.1) is 12.3 Å². The maximum Gasteiger partial charge on any atom is 0.234 e. The van der Waals surface area contributed by atoms with Crippen molar-refractivity contribution in [3.63, 3.8) is 0 Å². The zero-order valence-electron chi connectivity index (χ0n) is 19.7. The summed E-state index contributed by atoms with van der Waals surface area (Å²) in [5.74, 6) is 0.636. The fourth-order valence-electron chi connectivity index (χ4n) is 3.75. The predicted octanol–water partition coefficient (Wildman–Crippen LogP) is 4.50. The van der Waals surface area contributed by atoms with Crippen molar-refractivity contribution in [2.75, 3.05) is 25.3 Å². The van der Waals surface area contributed by atoms with Crippen LogP contribution in [0.2, 0.25) is 5.02 Å². The Hall–Kier alpha value is -3.50. The molecule has 3 N–H and O–H groups in total. The van der Waals surface area contributed by atoms with Crippen LogP contribution >= 0.6 is 23.4 Å². The Morgan fingerprint density at radius 2 is 1.97 bits per heavy atom. The topological polar surface area (TPSA) is 118 Å². The Morgan fingerprint density at radius 3 is 2.69 bits per heavy atom. The summed E-state index contributed by atoms with van der Waals surface area (Å²) < 4.78 is 12.3. The monoisotopic (exact) mass is 512 g/mol. The lowest BCUT2D eigenvalue weighted by molar-refractivity contribution is -0.113. The minimum atomic E-state index is -0.281. The molecule has 0 spiro atoms. The first-order valence-corrected chi connectivity index (χ1v) is 12.2. The summed E-state index contributed by atoms with van der Waals surface area (Å²) in [6.07, 6.45) is 0.785. The van der Waals surface area contributed by atoms with Crippen molar-refractivity contribution in [1.82, 2.24) is 19.7 Å². The van der Waals surface area contributed by atoms with E-state index in [1.165, 1.54) is 26.0 Å². The molecule has 4 aromatic rings. The van der Waals surface area contributed by atoms with E-state index in [1.807, 2.05) is 31.2 Å². The van der Waals surface area contributed by atoms with Crippen LogP contribution in [0.25, 0.3) is 16.7 Å². The number of carbonyl (C=O) groups is 1. The minimum Gasteiger partial charge on any atom is -0.495 e. The van der Waals surface area contributed by atoms with Crippen LogP contribution < -0.4 is 20.3 Å². The van der Waals surface area contributed by atoms with Gasteiger partial charge in [-0.3, -0.25) is 19.9 Å². The van der Waals surface area contributed by atoms with E-state index in [9.17, 15) is 4.79 Å². The number of aryl methyl sites for hydroxylation is 2. The lowest BCUT2D eigenvalue weighted by Gasteiger charge is -2.16. The zero-order chi connectivity index (χ0) is 25.1. The molecule has 0 bridgehead atoms. The summed E-state index contributed by atoms with van der Waals surface area (Å²) in [6, 6.07) is 11.1. The first-order valence-electron chi connectivity index (χ1n) is 10.8. The number of halogens is 1.